The van der Waals surface area contributed by atoms with E-state index in [2.05, 4.69) is 0 Å². The van der Waals surface area contributed by atoms with Crippen molar-refractivity contribution in [2.45, 2.75) is 31.8 Å². The van der Waals surface area contributed by atoms with Crippen molar-refractivity contribution < 1.29 is 15.0 Å². The van der Waals surface area contributed by atoms with Crippen LogP contribution >= 0.6 is 0 Å². The van der Waals surface area contributed by atoms with Gasteiger partial charge in [-0.05, 0) is 37.0 Å². The van der Waals surface area contributed by atoms with Gasteiger partial charge in [-0.3, -0.25) is 0 Å². The SMILES string of the molecule is Cc1ccc(CC2(O)CC2)cc1C(=O)O. The third-order valence-electron chi connectivity index (χ3n) is 2.89. The summed E-state index contributed by atoms with van der Waals surface area (Å²) in [5.41, 5.74) is 1.43. The van der Waals surface area contributed by atoms with Crippen LogP contribution in [0.3, 0.4) is 0 Å². The molecular formula is C12H14O3. The lowest BCUT2D eigenvalue weighted by molar-refractivity contribution is 0.0695. The van der Waals surface area contributed by atoms with Crippen molar-refractivity contribution in [1.82, 2.24) is 0 Å². The Morgan fingerprint density at radius 1 is 1.47 bits per heavy atom. The molecular weight excluding hydrogens is 192 g/mol. The lowest BCUT2D eigenvalue weighted by Gasteiger charge is -2.09. The second-order valence-electron chi connectivity index (χ2n) is 4.36. The maximum Gasteiger partial charge on any atom is 0.335 e. The maximum absolute atomic E-state index is 10.9. The Morgan fingerprint density at radius 3 is 2.67 bits per heavy atom. The van der Waals surface area contributed by atoms with Gasteiger partial charge in [-0.25, -0.2) is 4.79 Å². The van der Waals surface area contributed by atoms with Crippen molar-refractivity contribution in [2.75, 3.05) is 0 Å². The number of carbonyl (C=O) groups is 1. The minimum absolute atomic E-state index is 0.330. The maximum atomic E-state index is 10.9. The van der Waals surface area contributed by atoms with E-state index in [4.69, 9.17) is 5.11 Å². The molecule has 0 saturated heterocycles. The van der Waals surface area contributed by atoms with E-state index < -0.39 is 11.6 Å². The molecule has 0 aliphatic heterocycles. The summed E-state index contributed by atoms with van der Waals surface area (Å²) >= 11 is 0. The third-order valence-corrected chi connectivity index (χ3v) is 2.89. The van der Waals surface area contributed by atoms with Gasteiger partial charge in [0.1, 0.15) is 0 Å². The zero-order valence-corrected chi connectivity index (χ0v) is 8.66. The van der Waals surface area contributed by atoms with Gasteiger partial charge >= 0.3 is 5.97 Å². The predicted molar refractivity (Wildman–Crippen MR) is 56.0 cm³/mol. The highest BCUT2D eigenvalue weighted by atomic mass is 16.4. The largest absolute Gasteiger partial charge is 0.478 e. The highest BCUT2D eigenvalue weighted by Gasteiger charge is 2.40. The lowest BCUT2D eigenvalue weighted by atomic mass is 10.0. The van der Waals surface area contributed by atoms with Crippen LogP contribution in [-0.2, 0) is 6.42 Å². The molecule has 0 bridgehead atoms. The van der Waals surface area contributed by atoms with Crippen molar-refractivity contribution in [2.24, 2.45) is 0 Å². The number of carboxylic acid groups (broad SMARTS) is 1. The summed E-state index contributed by atoms with van der Waals surface area (Å²) in [6.07, 6.45) is 2.21. The summed E-state index contributed by atoms with van der Waals surface area (Å²) in [4.78, 5) is 10.9. The van der Waals surface area contributed by atoms with Crippen LogP contribution in [-0.4, -0.2) is 21.8 Å². The van der Waals surface area contributed by atoms with Gasteiger partial charge in [0, 0.05) is 6.42 Å². The van der Waals surface area contributed by atoms with Gasteiger partial charge in [0.25, 0.3) is 0 Å². The van der Waals surface area contributed by atoms with Gasteiger partial charge in [0.05, 0.1) is 11.2 Å². The van der Waals surface area contributed by atoms with E-state index in [1.54, 1.807) is 19.1 Å². The summed E-state index contributed by atoms with van der Waals surface area (Å²) in [5, 5.41) is 18.7. The fourth-order valence-electron chi connectivity index (χ4n) is 1.71. The first-order valence-electron chi connectivity index (χ1n) is 5.05. The molecule has 80 valence electrons. The molecule has 2 N–H and O–H groups in total. The summed E-state index contributed by atoms with van der Waals surface area (Å²) in [5.74, 6) is -0.905. The fourth-order valence-corrected chi connectivity index (χ4v) is 1.71. The Hall–Kier alpha value is -1.35. The number of aromatic carboxylic acids is 1. The van der Waals surface area contributed by atoms with Crippen LogP contribution in [0.5, 0.6) is 0 Å². The van der Waals surface area contributed by atoms with E-state index in [1.165, 1.54) is 0 Å². The first kappa shape index (κ1) is 10.2. The van der Waals surface area contributed by atoms with Crippen LogP contribution in [0.15, 0.2) is 18.2 Å². The Morgan fingerprint density at radius 2 is 2.13 bits per heavy atom. The van der Waals surface area contributed by atoms with Crippen molar-refractivity contribution in [3.63, 3.8) is 0 Å². The number of benzene rings is 1. The Kier molecular flexibility index (Phi) is 2.27. The third kappa shape index (κ3) is 2.18. The molecule has 0 atom stereocenters. The van der Waals surface area contributed by atoms with Crippen molar-refractivity contribution in [3.05, 3.63) is 34.9 Å². The average molecular weight is 206 g/mol. The highest BCUT2D eigenvalue weighted by Crippen LogP contribution is 2.38. The van der Waals surface area contributed by atoms with Crippen LogP contribution in [0.2, 0.25) is 0 Å². The quantitative estimate of drug-likeness (QED) is 0.792. The first-order chi connectivity index (χ1) is 7.00. The van der Waals surface area contributed by atoms with Gasteiger partial charge < -0.3 is 10.2 Å². The number of aliphatic hydroxyl groups is 1. The van der Waals surface area contributed by atoms with E-state index in [0.29, 0.717) is 12.0 Å². The van der Waals surface area contributed by atoms with Crippen LogP contribution in [0.4, 0.5) is 0 Å². The van der Waals surface area contributed by atoms with Crippen molar-refractivity contribution in [1.29, 1.82) is 0 Å². The second-order valence-corrected chi connectivity index (χ2v) is 4.36. The van der Waals surface area contributed by atoms with Gasteiger partial charge in [-0.2, -0.15) is 0 Å². The summed E-state index contributed by atoms with van der Waals surface area (Å²) in [6.45, 7) is 1.78. The van der Waals surface area contributed by atoms with E-state index in [9.17, 15) is 9.90 Å². The molecule has 1 aromatic rings. The van der Waals surface area contributed by atoms with Gasteiger partial charge in [-0.1, -0.05) is 12.1 Å². The standard InChI is InChI=1S/C12H14O3/c1-8-2-3-9(6-10(8)11(13)14)7-12(15)4-5-12/h2-3,6,15H,4-5,7H2,1H3,(H,13,14). The predicted octanol–water partition coefficient (Wildman–Crippen LogP) is 1.76. The van der Waals surface area contributed by atoms with Crippen LogP contribution in [0.1, 0.15) is 34.3 Å². The molecule has 0 heterocycles. The molecule has 1 aromatic carbocycles. The van der Waals surface area contributed by atoms with Gasteiger partial charge in [0.15, 0.2) is 0 Å². The van der Waals surface area contributed by atoms with Gasteiger partial charge in [-0.15, -0.1) is 0 Å². The number of hydrogen-bond acceptors (Lipinski definition) is 2. The molecule has 0 radical (unpaired) electrons. The number of aryl methyl sites for hydroxylation is 1. The number of rotatable bonds is 3. The molecule has 0 aromatic heterocycles. The molecule has 15 heavy (non-hydrogen) atoms. The molecule has 1 saturated carbocycles. The average Bonchev–Trinajstić information content (AvgIpc) is 2.87. The molecule has 3 heteroatoms. The second kappa shape index (κ2) is 3.35. The zero-order valence-electron chi connectivity index (χ0n) is 8.66. The van der Waals surface area contributed by atoms with E-state index in [0.717, 1.165) is 24.0 Å². The fraction of sp³-hybridized carbons (Fsp3) is 0.417. The highest BCUT2D eigenvalue weighted by molar-refractivity contribution is 5.89. The monoisotopic (exact) mass is 206 g/mol. The molecule has 1 aliphatic carbocycles. The Balaban J connectivity index is 2.26. The number of carboxylic acids is 1. The first-order valence-corrected chi connectivity index (χ1v) is 5.05. The van der Waals surface area contributed by atoms with Crippen LogP contribution in [0, 0.1) is 6.92 Å². The number of hydrogen-bond donors (Lipinski definition) is 2. The van der Waals surface area contributed by atoms with Crippen LogP contribution < -0.4 is 0 Å². The molecule has 0 amide bonds. The lowest BCUT2D eigenvalue weighted by Crippen LogP contribution is -2.11. The zero-order chi connectivity index (χ0) is 11.1. The van der Waals surface area contributed by atoms with E-state index in [1.807, 2.05) is 6.07 Å². The normalized spacial score (nSPS) is 17.5. The molecule has 0 unspecified atom stereocenters. The smallest absolute Gasteiger partial charge is 0.335 e. The van der Waals surface area contributed by atoms with Crippen LogP contribution in [0.25, 0.3) is 0 Å². The topological polar surface area (TPSA) is 57.5 Å². The molecule has 3 nitrogen and oxygen atoms in total. The molecule has 2 rings (SSSR count). The van der Waals surface area contributed by atoms with E-state index >= 15 is 0 Å². The van der Waals surface area contributed by atoms with Crippen molar-refractivity contribution >= 4 is 5.97 Å². The summed E-state index contributed by atoms with van der Waals surface area (Å²) in [7, 11) is 0. The molecule has 1 fully saturated rings. The minimum atomic E-state index is -0.905. The summed E-state index contributed by atoms with van der Waals surface area (Å²) < 4.78 is 0. The Labute approximate surface area is 88.4 Å². The molecule has 0 spiro atoms. The van der Waals surface area contributed by atoms with Crippen molar-refractivity contribution in [3.8, 4) is 0 Å². The Bertz CT molecular complexity index is 405. The molecule has 1 aliphatic rings. The van der Waals surface area contributed by atoms with Gasteiger partial charge in [0.2, 0.25) is 0 Å². The minimum Gasteiger partial charge on any atom is -0.478 e. The summed E-state index contributed by atoms with van der Waals surface area (Å²) in [6, 6.07) is 5.34. The van der Waals surface area contributed by atoms with E-state index in [-0.39, 0.29) is 0 Å².